The molecule has 0 aliphatic carbocycles. The highest BCUT2D eigenvalue weighted by molar-refractivity contribution is 7.80. The Morgan fingerprint density at radius 2 is 1.85 bits per heavy atom. The fourth-order valence-corrected chi connectivity index (χ4v) is 1.55. The van der Waals surface area contributed by atoms with Crippen molar-refractivity contribution in [1.82, 2.24) is 15.8 Å². The molecule has 1 aromatic carbocycles. The van der Waals surface area contributed by atoms with E-state index in [-0.39, 0.29) is 16.5 Å². The van der Waals surface area contributed by atoms with Gasteiger partial charge in [0.2, 0.25) is 0 Å². The Morgan fingerprint density at radius 3 is 2.55 bits per heavy atom. The maximum atomic E-state index is 13.4. The highest BCUT2D eigenvalue weighted by Gasteiger charge is 2.07. The van der Waals surface area contributed by atoms with Crippen LogP contribution in [0.2, 0.25) is 0 Å². The second-order valence-electron chi connectivity index (χ2n) is 3.73. The van der Waals surface area contributed by atoms with Gasteiger partial charge in [0.05, 0.1) is 5.69 Å². The van der Waals surface area contributed by atoms with E-state index in [1.807, 2.05) is 0 Å². The normalized spacial score (nSPS) is 9.65. The van der Waals surface area contributed by atoms with Crippen molar-refractivity contribution in [2.75, 3.05) is 5.32 Å². The summed E-state index contributed by atoms with van der Waals surface area (Å²) < 4.78 is 13.4. The minimum Gasteiger partial charge on any atom is -0.329 e. The zero-order valence-electron chi connectivity index (χ0n) is 10.3. The van der Waals surface area contributed by atoms with Crippen LogP contribution in [0.3, 0.4) is 0 Å². The minimum absolute atomic E-state index is 0.0689. The fourth-order valence-electron chi connectivity index (χ4n) is 1.39. The van der Waals surface area contributed by atoms with Crippen molar-refractivity contribution in [2.45, 2.75) is 0 Å². The summed E-state index contributed by atoms with van der Waals surface area (Å²) in [6.07, 6.45) is 1.50. The van der Waals surface area contributed by atoms with Gasteiger partial charge in [0.15, 0.2) is 5.11 Å². The SMILES string of the molecule is O=C(NNC(=S)Nc1ccccc1F)c1ccccn1. The summed E-state index contributed by atoms with van der Waals surface area (Å²) in [5, 5.41) is 2.70. The van der Waals surface area contributed by atoms with E-state index in [2.05, 4.69) is 21.2 Å². The lowest BCUT2D eigenvalue weighted by Crippen LogP contribution is -2.44. The molecule has 0 aliphatic rings. The van der Waals surface area contributed by atoms with Crippen LogP contribution in [-0.2, 0) is 0 Å². The van der Waals surface area contributed by atoms with Crippen molar-refractivity contribution in [3.8, 4) is 0 Å². The number of hydrogen-bond acceptors (Lipinski definition) is 3. The van der Waals surface area contributed by atoms with E-state index >= 15 is 0 Å². The molecule has 0 fully saturated rings. The first kappa shape index (κ1) is 13.9. The van der Waals surface area contributed by atoms with Gasteiger partial charge in [-0.25, -0.2) is 4.39 Å². The summed E-state index contributed by atoms with van der Waals surface area (Å²) in [6, 6.07) is 11.0. The standard InChI is InChI=1S/C13H11FN4OS/c14-9-5-1-2-6-10(9)16-13(20)18-17-12(19)11-7-3-4-8-15-11/h1-8H,(H,17,19)(H2,16,18,20). The summed E-state index contributed by atoms with van der Waals surface area (Å²) >= 11 is 4.94. The van der Waals surface area contributed by atoms with Crippen molar-refractivity contribution < 1.29 is 9.18 Å². The van der Waals surface area contributed by atoms with Gasteiger partial charge < -0.3 is 5.32 Å². The smallest absolute Gasteiger partial charge is 0.288 e. The van der Waals surface area contributed by atoms with Crippen LogP contribution in [0.25, 0.3) is 0 Å². The molecule has 3 N–H and O–H groups in total. The van der Waals surface area contributed by atoms with E-state index < -0.39 is 11.7 Å². The highest BCUT2D eigenvalue weighted by Crippen LogP contribution is 2.11. The quantitative estimate of drug-likeness (QED) is 0.582. The average Bonchev–Trinajstić information content (AvgIpc) is 2.48. The maximum Gasteiger partial charge on any atom is 0.288 e. The predicted molar refractivity (Wildman–Crippen MR) is 77.5 cm³/mol. The minimum atomic E-state index is -0.441. The van der Waals surface area contributed by atoms with Crippen LogP contribution in [0.5, 0.6) is 0 Å². The number of thiocarbonyl (C=S) groups is 1. The highest BCUT2D eigenvalue weighted by atomic mass is 32.1. The summed E-state index contributed by atoms with van der Waals surface area (Å²) in [5.74, 6) is -0.879. The lowest BCUT2D eigenvalue weighted by atomic mass is 10.3. The molecule has 0 spiro atoms. The predicted octanol–water partition coefficient (Wildman–Crippen LogP) is 1.85. The van der Waals surface area contributed by atoms with E-state index in [0.29, 0.717) is 0 Å². The van der Waals surface area contributed by atoms with Crippen LogP contribution >= 0.6 is 12.2 Å². The van der Waals surface area contributed by atoms with Crippen LogP contribution in [0.15, 0.2) is 48.7 Å². The molecule has 20 heavy (non-hydrogen) atoms. The van der Waals surface area contributed by atoms with Gasteiger partial charge in [-0.2, -0.15) is 0 Å². The summed E-state index contributed by atoms with van der Waals surface area (Å²) in [6.45, 7) is 0. The Labute approximate surface area is 120 Å². The van der Waals surface area contributed by atoms with Crippen molar-refractivity contribution >= 4 is 28.9 Å². The molecule has 1 aromatic heterocycles. The molecule has 1 amide bonds. The van der Waals surface area contributed by atoms with Gasteiger partial charge in [0.1, 0.15) is 11.5 Å². The molecule has 2 rings (SSSR count). The van der Waals surface area contributed by atoms with Gasteiger partial charge in [0.25, 0.3) is 5.91 Å². The zero-order valence-corrected chi connectivity index (χ0v) is 11.1. The number of halogens is 1. The topological polar surface area (TPSA) is 66.1 Å². The number of hydrazine groups is 1. The van der Waals surface area contributed by atoms with Gasteiger partial charge in [-0.05, 0) is 36.5 Å². The second-order valence-corrected chi connectivity index (χ2v) is 4.14. The number of aromatic nitrogens is 1. The first-order chi connectivity index (χ1) is 9.66. The number of pyridine rings is 1. The number of anilines is 1. The summed E-state index contributed by atoms with van der Waals surface area (Å²) in [5.41, 5.74) is 5.30. The number of rotatable bonds is 2. The Morgan fingerprint density at radius 1 is 1.10 bits per heavy atom. The second kappa shape index (κ2) is 6.58. The van der Waals surface area contributed by atoms with Gasteiger partial charge in [-0.1, -0.05) is 18.2 Å². The van der Waals surface area contributed by atoms with Gasteiger partial charge in [-0.15, -0.1) is 0 Å². The lowest BCUT2D eigenvalue weighted by Gasteiger charge is -2.11. The fraction of sp³-hybridized carbons (Fsp3) is 0. The van der Waals surface area contributed by atoms with E-state index in [1.165, 1.54) is 18.3 Å². The largest absolute Gasteiger partial charge is 0.329 e. The lowest BCUT2D eigenvalue weighted by molar-refractivity contribution is 0.0939. The number of hydrogen-bond donors (Lipinski definition) is 3. The Kier molecular flexibility index (Phi) is 4.56. The van der Waals surface area contributed by atoms with Crippen molar-refractivity contribution in [3.63, 3.8) is 0 Å². The van der Waals surface area contributed by atoms with Crippen LogP contribution in [-0.4, -0.2) is 16.0 Å². The third-order valence-corrected chi connectivity index (χ3v) is 2.51. The van der Waals surface area contributed by atoms with Crippen LogP contribution in [0.4, 0.5) is 10.1 Å². The van der Waals surface area contributed by atoms with Crippen molar-refractivity contribution in [1.29, 1.82) is 0 Å². The molecule has 0 radical (unpaired) electrons. The van der Waals surface area contributed by atoms with Gasteiger partial charge >= 0.3 is 0 Å². The molecular weight excluding hydrogens is 279 g/mol. The van der Waals surface area contributed by atoms with Crippen molar-refractivity contribution in [3.05, 3.63) is 60.2 Å². The third kappa shape index (κ3) is 3.72. The van der Waals surface area contributed by atoms with E-state index in [4.69, 9.17) is 12.2 Å². The molecule has 0 saturated carbocycles. The molecule has 0 atom stereocenters. The maximum absolute atomic E-state index is 13.4. The molecule has 102 valence electrons. The first-order valence-electron chi connectivity index (χ1n) is 5.70. The number of nitrogens with one attached hydrogen (secondary N) is 3. The molecular formula is C13H11FN4OS. The average molecular weight is 290 g/mol. The van der Waals surface area contributed by atoms with Crippen LogP contribution in [0.1, 0.15) is 10.5 Å². The van der Waals surface area contributed by atoms with Crippen LogP contribution < -0.4 is 16.2 Å². The molecule has 2 aromatic rings. The molecule has 0 unspecified atom stereocenters. The third-order valence-electron chi connectivity index (χ3n) is 2.31. The number of amides is 1. The number of para-hydroxylation sites is 1. The number of carbonyl (C=O) groups is 1. The Bertz CT molecular complexity index is 621. The van der Waals surface area contributed by atoms with E-state index in [9.17, 15) is 9.18 Å². The summed E-state index contributed by atoms with van der Waals surface area (Å²) in [7, 11) is 0. The van der Waals surface area contributed by atoms with E-state index in [0.717, 1.165) is 0 Å². The van der Waals surface area contributed by atoms with Gasteiger partial charge in [-0.3, -0.25) is 20.6 Å². The molecule has 0 aliphatic heterocycles. The first-order valence-corrected chi connectivity index (χ1v) is 6.10. The zero-order chi connectivity index (χ0) is 14.4. The molecule has 7 heteroatoms. The number of carbonyl (C=O) groups excluding carboxylic acids is 1. The Balaban J connectivity index is 1.87. The van der Waals surface area contributed by atoms with Crippen LogP contribution in [0, 0.1) is 5.82 Å². The molecule has 0 bridgehead atoms. The molecule has 0 saturated heterocycles. The number of benzene rings is 1. The molecule has 1 heterocycles. The Hall–Kier alpha value is -2.54. The van der Waals surface area contributed by atoms with E-state index in [1.54, 1.807) is 30.3 Å². The number of nitrogens with zero attached hydrogens (tertiary/aromatic N) is 1. The summed E-state index contributed by atoms with van der Waals surface area (Å²) in [4.78, 5) is 15.5. The monoisotopic (exact) mass is 290 g/mol. The van der Waals surface area contributed by atoms with Crippen molar-refractivity contribution in [2.24, 2.45) is 0 Å². The van der Waals surface area contributed by atoms with Gasteiger partial charge in [0, 0.05) is 6.20 Å². The molecule has 5 nitrogen and oxygen atoms in total.